The van der Waals surface area contributed by atoms with E-state index in [-0.39, 0.29) is 22.4 Å². The third-order valence-corrected chi connectivity index (χ3v) is 8.79. The Morgan fingerprint density at radius 1 is 1.12 bits per heavy atom. The number of sulfone groups is 1. The van der Waals surface area contributed by atoms with Gasteiger partial charge in [-0.2, -0.15) is 0 Å². The van der Waals surface area contributed by atoms with E-state index in [1.165, 1.54) is 22.8 Å². The van der Waals surface area contributed by atoms with E-state index in [2.05, 4.69) is 9.97 Å². The van der Waals surface area contributed by atoms with Gasteiger partial charge in [0.25, 0.3) is 0 Å². The molecule has 2 aromatic rings. The van der Waals surface area contributed by atoms with Gasteiger partial charge in [-0.05, 0) is 44.4 Å². The van der Waals surface area contributed by atoms with Crippen LogP contribution in [0.15, 0.2) is 29.4 Å². The van der Waals surface area contributed by atoms with E-state index in [0.717, 1.165) is 17.9 Å². The van der Waals surface area contributed by atoms with Crippen molar-refractivity contribution in [2.24, 2.45) is 0 Å². The summed E-state index contributed by atoms with van der Waals surface area (Å²) in [6.45, 7) is 2.88. The average Bonchev–Trinajstić information content (AvgIpc) is 3.18. The zero-order valence-corrected chi connectivity index (χ0v) is 19.5. The van der Waals surface area contributed by atoms with Crippen LogP contribution in [0.4, 0.5) is 15.9 Å². The topological polar surface area (TPSA) is 110 Å². The van der Waals surface area contributed by atoms with Crippen LogP contribution in [0.5, 0.6) is 5.88 Å². The molecule has 174 valence electrons. The largest absolute Gasteiger partial charge is 0.474 e. The first kappa shape index (κ1) is 22.9. The Hall–Kier alpha value is -2.31. The molecule has 3 heterocycles. The van der Waals surface area contributed by atoms with Crippen LogP contribution in [0.3, 0.4) is 0 Å². The number of sulfonamides is 1. The second-order valence-electron chi connectivity index (χ2n) is 7.88. The van der Waals surface area contributed by atoms with Gasteiger partial charge in [-0.15, -0.1) is 0 Å². The van der Waals surface area contributed by atoms with Crippen molar-refractivity contribution < 1.29 is 26.0 Å². The molecule has 2 aliphatic rings. The number of fused-ring (bicyclic) bond motifs is 1. The molecule has 12 heteroatoms. The van der Waals surface area contributed by atoms with Gasteiger partial charge >= 0.3 is 0 Å². The first-order chi connectivity index (χ1) is 15.1. The molecular weight excluding hydrogens is 459 g/mol. The minimum atomic E-state index is -3.51. The van der Waals surface area contributed by atoms with Gasteiger partial charge < -0.3 is 9.64 Å². The number of hydrogen-bond donors (Lipinski definition) is 0. The Labute approximate surface area is 187 Å². The molecule has 0 unspecified atom stereocenters. The van der Waals surface area contributed by atoms with E-state index >= 15 is 0 Å². The number of nitrogens with zero attached hydrogens (tertiary/aromatic N) is 4. The van der Waals surface area contributed by atoms with E-state index in [1.807, 2.05) is 0 Å². The Morgan fingerprint density at radius 3 is 2.47 bits per heavy atom. The number of anilines is 2. The van der Waals surface area contributed by atoms with E-state index in [9.17, 15) is 21.2 Å². The zero-order valence-electron chi connectivity index (χ0n) is 17.9. The fourth-order valence-corrected chi connectivity index (χ4v) is 5.78. The summed E-state index contributed by atoms with van der Waals surface area (Å²) >= 11 is 0. The van der Waals surface area contributed by atoms with Gasteiger partial charge in [-0.25, -0.2) is 35.5 Å². The molecule has 2 aliphatic heterocycles. The number of halogens is 1. The van der Waals surface area contributed by atoms with E-state index in [1.54, 1.807) is 11.8 Å². The standard InChI is InChI=1S/C20H25FN4O5S2/c1-3-32(28,29)24-9-6-14(7-10-24)30-20-16-8-11-25(19(16)22-13-23-20)18-5-4-15(12-17(18)21)31(2,26)27/h4-5,12-14H,3,6-11H2,1-2H3. The highest BCUT2D eigenvalue weighted by Crippen LogP contribution is 2.38. The van der Waals surface area contributed by atoms with Gasteiger partial charge in [0.1, 0.15) is 24.1 Å². The lowest BCUT2D eigenvalue weighted by Crippen LogP contribution is -2.42. The zero-order chi connectivity index (χ0) is 23.1. The average molecular weight is 485 g/mol. The van der Waals surface area contributed by atoms with Crippen LogP contribution >= 0.6 is 0 Å². The van der Waals surface area contributed by atoms with E-state index < -0.39 is 25.7 Å². The molecule has 1 aromatic carbocycles. The van der Waals surface area contributed by atoms with Crippen molar-refractivity contribution in [1.82, 2.24) is 14.3 Å². The number of benzene rings is 1. The highest BCUT2D eigenvalue weighted by atomic mass is 32.2. The maximum Gasteiger partial charge on any atom is 0.222 e. The number of aromatic nitrogens is 2. The number of hydrogen-bond acceptors (Lipinski definition) is 8. The maximum atomic E-state index is 14.7. The number of piperidine rings is 1. The van der Waals surface area contributed by atoms with Gasteiger partial charge in [-0.3, -0.25) is 0 Å². The molecule has 0 amide bonds. The summed E-state index contributed by atoms with van der Waals surface area (Å²) in [6.07, 6.45) is 3.88. The fraction of sp³-hybridized carbons (Fsp3) is 0.500. The minimum absolute atomic E-state index is 0.0789. The van der Waals surface area contributed by atoms with E-state index in [0.29, 0.717) is 50.6 Å². The lowest BCUT2D eigenvalue weighted by atomic mass is 10.1. The SMILES string of the molecule is CCS(=O)(=O)N1CCC(Oc2ncnc3c2CCN3c2ccc(S(C)(=O)=O)cc2F)CC1. The van der Waals surface area contributed by atoms with Crippen molar-refractivity contribution in [2.45, 2.75) is 37.2 Å². The molecular formula is C20H25FN4O5S2. The van der Waals surface area contributed by atoms with Crippen molar-refractivity contribution in [1.29, 1.82) is 0 Å². The third kappa shape index (κ3) is 4.44. The molecule has 0 N–H and O–H groups in total. The van der Waals surface area contributed by atoms with Crippen LogP contribution in [-0.2, 0) is 26.3 Å². The minimum Gasteiger partial charge on any atom is -0.474 e. The van der Waals surface area contributed by atoms with Gasteiger partial charge in [0.15, 0.2) is 9.84 Å². The maximum absolute atomic E-state index is 14.7. The van der Waals surface area contributed by atoms with Crippen LogP contribution in [0.2, 0.25) is 0 Å². The van der Waals surface area contributed by atoms with Crippen molar-refractivity contribution >= 4 is 31.4 Å². The van der Waals surface area contributed by atoms with E-state index in [4.69, 9.17) is 4.74 Å². The Bertz CT molecular complexity index is 1230. The molecule has 4 rings (SSSR count). The smallest absolute Gasteiger partial charge is 0.222 e. The van der Waals surface area contributed by atoms with Crippen molar-refractivity contribution in [2.75, 3.05) is 36.5 Å². The quantitative estimate of drug-likeness (QED) is 0.612. The highest BCUT2D eigenvalue weighted by Gasteiger charge is 2.31. The predicted molar refractivity (Wildman–Crippen MR) is 117 cm³/mol. The molecule has 1 saturated heterocycles. The second kappa shape index (κ2) is 8.56. The van der Waals surface area contributed by atoms with Crippen molar-refractivity contribution in [3.63, 3.8) is 0 Å². The lowest BCUT2D eigenvalue weighted by molar-refractivity contribution is 0.129. The van der Waals surface area contributed by atoms with Crippen LogP contribution < -0.4 is 9.64 Å². The molecule has 1 aromatic heterocycles. The molecule has 0 bridgehead atoms. The summed E-state index contributed by atoms with van der Waals surface area (Å²) in [4.78, 5) is 10.2. The van der Waals surface area contributed by atoms with Crippen LogP contribution in [0.25, 0.3) is 0 Å². The molecule has 0 aliphatic carbocycles. The number of rotatable bonds is 6. The monoisotopic (exact) mass is 484 g/mol. The molecule has 9 nitrogen and oxygen atoms in total. The summed E-state index contributed by atoms with van der Waals surface area (Å²) in [7, 11) is -6.72. The van der Waals surface area contributed by atoms with Gasteiger partial charge in [0, 0.05) is 25.9 Å². The van der Waals surface area contributed by atoms with Gasteiger partial charge in [0.2, 0.25) is 15.9 Å². The van der Waals surface area contributed by atoms with Crippen LogP contribution in [0.1, 0.15) is 25.3 Å². The van der Waals surface area contributed by atoms with Crippen molar-refractivity contribution in [3.8, 4) is 5.88 Å². The Kier molecular flexibility index (Phi) is 6.12. The summed E-state index contributed by atoms with van der Waals surface area (Å²) in [5.74, 6) is 0.371. The van der Waals surface area contributed by atoms with Crippen LogP contribution in [-0.4, -0.2) is 68.9 Å². The van der Waals surface area contributed by atoms with Crippen molar-refractivity contribution in [3.05, 3.63) is 35.9 Å². The summed E-state index contributed by atoms with van der Waals surface area (Å²) in [5, 5.41) is 0. The first-order valence-electron chi connectivity index (χ1n) is 10.4. The Balaban J connectivity index is 1.52. The summed E-state index contributed by atoms with van der Waals surface area (Å²) in [5.41, 5.74) is 0.988. The number of ether oxygens (including phenoxy) is 1. The molecule has 0 saturated carbocycles. The molecule has 0 radical (unpaired) electrons. The molecule has 32 heavy (non-hydrogen) atoms. The molecule has 0 atom stereocenters. The molecule has 0 spiro atoms. The fourth-order valence-electron chi connectivity index (χ4n) is 4.01. The second-order valence-corrected chi connectivity index (χ2v) is 12.2. The van der Waals surface area contributed by atoms with Gasteiger partial charge in [-0.1, -0.05) is 0 Å². The summed E-state index contributed by atoms with van der Waals surface area (Å²) < 4.78 is 69.8. The summed E-state index contributed by atoms with van der Waals surface area (Å²) in [6, 6.07) is 3.83. The third-order valence-electron chi connectivity index (χ3n) is 5.80. The molecule has 1 fully saturated rings. The lowest BCUT2D eigenvalue weighted by Gasteiger charge is -2.31. The predicted octanol–water partition coefficient (Wildman–Crippen LogP) is 1.91. The highest BCUT2D eigenvalue weighted by molar-refractivity contribution is 7.90. The first-order valence-corrected chi connectivity index (χ1v) is 13.9. The van der Waals surface area contributed by atoms with Gasteiger partial charge in [0.05, 0.1) is 21.9 Å². The Morgan fingerprint density at radius 2 is 1.84 bits per heavy atom. The van der Waals surface area contributed by atoms with Crippen LogP contribution in [0, 0.1) is 5.82 Å². The normalized spacial score (nSPS) is 18.0.